The van der Waals surface area contributed by atoms with E-state index in [9.17, 15) is 4.79 Å². The molecule has 156 valence electrons. The summed E-state index contributed by atoms with van der Waals surface area (Å²) >= 11 is 0. The summed E-state index contributed by atoms with van der Waals surface area (Å²) < 4.78 is 16.1. The molecule has 30 heavy (non-hydrogen) atoms. The van der Waals surface area contributed by atoms with Crippen LogP contribution in [0.1, 0.15) is 29.3 Å². The molecule has 0 bridgehead atoms. The van der Waals surface area contributed by atoms with Crippen molar-refractivity contribution in [3.63, 3.8) is 0 Å². The van der Waals surface area contributed by atoms with Gasteiger partial charge < -0.3 is 18.9 Å². The van der Waals surface area contributed by atoms with Crippen molar-refractivity contribution in [3.05, 3.63) is 59.4 Å². The summed E-state index contributed by atoms with van der Waals surface area (Å²) in [4.78, 5) is 18.9. The molecule has 0 saturated carbocycles. The lowest BCUT2D eigenvalue weighted by Crippen LogP contribution is -2.27. The number of ether oxygens (including phenoxy) is 2. The maximum absolute atomic E-state index is 12.5. The zero-order valence-electron chi connectivity index (χ0n) is 17.4. The van der Waals surface area contributed by atoms with Gasteiger partial charge in [0.1, 0.15) is 0 Å². The lowest BCUT2D eigenvalue weighted by atomic mass is 10.1. The number of amides is 1. The summed E-state index contributed by atoms with van der Waals surface area (Å²) in [5.41, 5.74) is 3.21. The Kier molecular flexibility index (Phi) is 5.70. The first-order chi connectivity index (χ1) is 14.6. The molecule has 1 fully saturated rings. The van der Waals surface area contributed by atoms with Gasteiger partial charge >= 0.3 is 0 Å². The van der Waals surface area contributed by atoms with Crippen LogP contribution in [0, 0.1) is 6.92 Å². The van der Waals surface area contributed by atoms with E-state index >= 15 is 0 Å². The van der Waals surface area contributed by atoms with E-state index in [1.165, 1.54) is 11.1 Å². The van der Waals surface area contributed by atoms with Crippen LogP contribution in [0.2, 0.25) is 0 Å². The van der Waals surface area contributed by atoms with E-state index in [1.54, 1.807) is 26.4 Å². The third-order valence-corrected chi connectivity index (χ3v) is 5.40. The summed E-state index contributed by atoms with van der Waals surface area (Å²) in [5.74, 6) is 2.25. The Morgan fingerprint density at radius 1 is 1.13 bits per heavy atom. The number of likely N-dealkylation sites (tertiary alicyclic amines) is 1. The van der Waals surface area contributed by atoms with Crippen molar-refractivity contribution in [3.8, 4) is 23.0 Å². The molecular formula is C23H25N3O4. The highest BCUT2D eigenvalue weighted by Gasteiger charge is 2.33. The molecule has 1 aliphatic heterocycles. The van der Waals surface area contributed by atoms with Gasteiger partial charge in [-0.05, 0) is 37.1 Å². The summed E-state index contributed by atoms with van der Waals surface area (Å²) in [6.45, 7) is 3.38. The van der Waals surface area contributed by atoms with Crippen LogP contribution >= 0.6 is 0 Å². The van der Waals surface area contributed by atoms with Crippen molar-refractivity contribution in [2.45, 2.75) is 25.7 Å². The largest absolute Gasteiger partial charge is 0.493 e. The molecule has 4 rings (SSSR count). The first-order valence-corrected chi connectivity index (χ1v) is 9.96. The van der Waals surface area contributed by atoms with E-state index < -0.39 is 0 Å². The lowest BCUT2D eigenvalue weighted by molar-refractivity contribution is -0.127. The van der Waals surface area contributed by atoms with Crippen LogP contribution in [-0.2, 0) is 11.2 Å². The summed E-state index contributed by atoms with van der Waals surface area (Å²) in [5, 5.41) is 4.13. The molecule has 3 aromatic rings. The Morgan fingerprint density at radius 2 is 1.97 bits per heavy atom. The number of carbonyl (C=O) groups excluding carboxylic acids is 1. The molecule has 1 atom stereocenters. The van der Waals surface area contributed by atoms with Gasteiger partial charge in [-0.15, -0.1) is 0 Å². The molecule has 0 spiro atoms. The van der Waals surface area contributed by atoms with Crippen LogP contribution in [0.25, 0.3) is 11.5 Å². The number of carbonyl (C=O) groups is 1. The minimum absolute atomic E-state index is 0.0624. The number of benzene rings is 2. The normalized spacial score (nSPS) is 16.2. The predicted molar refractivity (Wildman–Crippen MR) is 112 cm³/mol. The number of hydrogen-bond donors (Lipinski definition) is 0. The van der Waals surface area contributed by atoms with E-state index in [4.69, 9.17) is 14.0 Å². The molecule has 7 heteroatoms. The number of methoxy groups -OCH3 is 2. The standard InChI is InChI=1S/C23H25N3O4/c1-15-5-4-6-16(11-15)9-10-26-14-18(13-21(26)27)22-24-23(30-25-22)17-7-8-19(28-2)20(12-17)29-3/h4-8,11-12,18H,9-10,13-14H2,1-3H3. The Hall–Kier alpha value is -3.35. The van der Waals surface area contributed by atoms with Gasteiger partial charge in [0.15, 0.2) is 17.3 Å². The maximum Gasteiger partial charge on any atom is 0.258 e. The molecule has 1 saturated heterocycles. The zero-order chi connectivity index (χ0) is 21.1. The fourth-order valence-electron chi connectivity index (χ4n) is 3.78. The van der Waals surface area contributed by atoms with Crippen LogP contribution in [0.4, 0.5) is 0 Å². The Bertz CT molecular complexity index is 1050. The highest BCUT2D eigenvalue weighted by molar-refractivity contribution is 5.79. The molecular weight excluding hydrogens is 382 g/mol. The van der Waals surface area contributed by atoms with E-state index in [0.29, 0.717) is 42.7 Å². The smallest absolute Gasteiger partial charge is 0.258 e. The van der Waals surface area contributed by atoms with Crippen LogP contribution in [0.5, 0.6) is 11.5 Å². The van der Waals surface area contributed by atoms with Crippen LogP contribution in [-0.4, -0.2) is 48.3 Å². The Balaban J connectivity index is 1.43. The van der Waals surface area contributed by atoms with Gasteiger partial charge in [0.2, 0.25) is 5.91 Å². The maximum atomic E-state index is 12.5. The second kappa shape index (κ2) is 8.57. The molecule has 2 heterocycles. The zero-order valence-corrected chi connectivity index (χ0v) is 17.4. The van der Waals surface area contributed by atoms with E-state index in [1.807, 2.05) is 17.0 Å². The third-order valence-electron chi connectivity index (χ3n) is 5.40. The van der Waals surface area contributed by atoms with Gasteiger partial charge in [0.05, 0.1) is 14.2 Å². The Morgan fingerprint density at radius 3 is 2.73 bits per heavy atom. The van der Waals surface area contributed by atoms with Crippen molar-refractivity contribution >= 4 is 5.91 Å². The molecule has 0 radical (unpaired) electrons. The number of rotatable bonds is 7. The summed E-state index contributed by atoms with van der Waals surface area (Å²) in [7, 11) is 3.17. The summed E-state index contributed by atoms with van der Waals surface area (Å²) in [6, 6.07) is 13.8. The van der Waals surface area contributed by atoms with Gasteiger partial charge in [0.25, 0.3) is 5.89 Å². The molecule has 1 aliphatic rings. The van der Waals surface area contributed by atoms with Crippen LogP contribution in [0.15, 0.2) is 47.0 Å². The van der Waals surface area contributed by atoms with Crippen molar-refractivity contribution in [2.24, 2.45) is 0 Å². The quantitative estimate of drug-likeness (QED) is 0.595. The molecule has 7 nitrogen and oxygen atoms in total. The third kappa shape index (κ3) is 4.15. The highest BCUT2D eigenvalue weighted by atomic mass is 16.5. The van der Waals surface area contributed by atoms with Crippen molar-refractivity contribution in [2.75, 3.05) is 27.3 Å². The van der Waals surface area contributed by atoms with Gasteiger partial charge in [0, 0.05) is 31.0 Å². The molecule has 1 amide bonds. The minimum Gasteiger partial charge on any atom is -0.493 e. The molecule has 0 aliphatic carbocycles. The monoisotopic (exact) mass is 407 g/mol. The summed E-state index contributed by atoms with van der Waals surface area (Å²) in [6.07, 6.45) is 1.24. The fraction of sp³-hybridized carbons (Fsp3) is 0.348. The van der Waals surface area contributed by atoms with E-state index in [2.05, 4.69) is 35.3 Å². The highest BCUT2D eigenvalue weighted by Crippen LogP contribution is 2.33. The van der Waals surface area contributed by atoms with Gasteiger partial charge in [-0.3, -0.25) is 4.79 Å². The molecule has 1 unspecified atom stereocenters. The minimum atomic E-state index is -0.0624. The fourth-order valence-corrected chi connectivity index (χ4v) is 3.78. The second-order valence-electron chi connectivity index (χ2n) is 7.51. The SMILES string of the molecule is COc1ccc(-c2nc(C3CC(=O)N(CCc4cccc(C)c4)C3)no2)cc1OC. The number of hydrogen-bond acceptors (Lipinski definition) is 6. The van der Waals surface area contributed by atoms with Gasteiger partial charge in [-0.25, -0.2) is 0 Å². The van der Waals surface area contributed by atoms with E-state index in [0.717, 1.165) is 12.0 Å². The average Bonchev–Trinajstić information content (AvgIpc) is 3.39. The number of aromatic nitrogens is 2. The molecule has 0 N–H and O–H groups in total. The van der Waals surface area contributed by atoms with Crippen molar-refractivity contribution in [1.82, 2.24) is 15.0 Å². The van der Waals surface area contributed by atoms with Crippen molar-refractivity contribution < 1.29 is 18.8 Å². The van der Waals surface area contributed by atoms with Gasteiger partial charge in [-0.1, -0.05) is 35.0 Å². The predicted octanol–water partition coefficient (Wildman–Crippen LogP) is 3.62. The number of nitrogens with zero attached hydrogens (tertiary/aromatic N) is 3. The van der Waals surface area contributed by atoms with Crippen LogP contribution in [0.3, 0.4) is 0 Å². The van der Waals surface area contributed by atoms with Crippen molar-refractivity contribution in [1.29, 1.82) is 0 Å². The Labute approximate surface area is 175 Å². The number of aryl methyl sites for hydroxylation is 1. The van der Waals surface area contributed by atoms with E-state index in [-0.39, 0.29) is 11.8 Å². The topological polar surface area (TPSA) is 77.7 Å². The first-order valence-electron chi connectivity index (χ1n) is 9.96. The molecule has 1 aromatic heterocycles. The first kappa shape index (κ1) is 19.9. The lowest BCUT2D eigenvalue weighted by Gasteiger charge is -2.16. The average molecular weight is 407 g/mol. The molecule has 2 aromatic carbocycles. The van der Waals surface area contributed by atoms with Gasteiger partial charge in [-0.2, -0.15) is 4.98 Å². The second-order valence-corrected chi connectivity index (χ2v) is 7.51. The van der Waals surface area contributed by atoms with Crippen LogP contribution < -0.4 is 9.47 Å².